The fourth-order valence-corrected chi connectivity index (χ4v) is 3.86. The molecule has 3 aromatic rings. The van der Waals surface area contributed by atoms with Crippen molar-refractivity contribution in [3.63, 3.8) is 0 Å². The molecule has 0 aliphatic rings. The van der Waals surface area contributed by atoms with E-state index in [0.29, 0.717) is 16.8 Å². The average Bonchev–Trinajstić information content (AvgIpc) is 3.20. The number of nitrogens with zero attached hydrogens (tertiary/aromatic N) is 5. The fourth-order valence-electron chi connectivity index (χ4n) is 3.86. The Balaban J connectivity index is 2.03. The van der Waals surface area contributed by atoms with Crippen LogP contribution in [0.25, 0.3) is 11.1 Å². The first-order valence-corrected chi connectivity index (χ1v) is 12.1. The molecule has 2 N–H and O–H groups in total. The Morgan fingerprint density at radius 1 is 1.27 bits per heavy atom. The molecule has 0 saturated carbocycles. The number of pyridine rings is 1. The number of methoxy groups -OCH3 is 1. The number of amides is 1. The van der Waals surface area contributed by atoms with Gasteiger partial charge in [0.1, 0.15) is 29.9 Å². The third-order valence-corrected chi connectivity index (χ3v) is 5.66. The second-order valence-corrected chi connectivity index (χ2v) is 9.83. The number of nitrogen functional groups attached to an aromatic ring is 1. The number of halogens is 2. The number of benzene rings is 1. The molecule has 0 bridgehead atoms. The van der Waals surface area contributed by atoms with E-state index in [1.165, 1.54) is 35.0 Å². The smallest absolute Gasteiger partial charge is 0.410 e. The molecule has 0 aliphatic carbocycles. The quantitative estimate of drug-likeness (QED) is 0.401. The lowest BCUT2D eigenvalue weighted by atomic mass is 10.0. The predicted molar refractivity (Wildman–Crippen MR) is 140 cm³/mol. The van der Waals surface area contributed by atoms with Gasteiger partial charge in [-0.3, -0.25) is 4.68 Å². The van der Waals surface area contributed by atoms with Crippen LogP contribution in [0.3, 0.4) is 0 Å². The fraction of sp³-hybridized carbons (Fsp3) is 0.370. The normalized spacial score (nSPS) is 11.9. The topological polar surface area (TPSA) is 146 Å². The molecule has 0 radical (unpaired) electrons. The standard InChI is InChI=1S/C27H30F2N6O5/c1-27(2,3)40-26(37)34(4)14-19-23(20(12-30)35(5)33-19)15-9-21(24(31)32-13-15)39-22(11-28)18-10-16(29)7-8-17(18)25(36)38-6/h7-10,13,22H,11,14H2,1-6H3,(H2,31,32). The van der Waals surface area contributed by atoms with Crippen molar-refractivity contribution in [3.8, 4) is 22.9 Å². The van der Waals surface area contributed by atoms with E-state index in [2.05, 4.69) is 16.2 Å². The van der Waals surface area contributed by atoms with Gasteiger partial charge in [0, 0.05) is 37.0 Å². The van der Waals surface area contributed by atoms with E-state index in [9.17, 15) is 23.6 Å². The molecule has 1 unspecified atom stereocenters. The first-order valence-electron chi connectivity index (χ1n) is 12.1. The molecule has 1 amide bonds. The van der Waals surface area contributed by atoms with Gasteiger partial charge in [0.2, 0.25) is 0 Å². The summed E-state index contributed by atoms with van der Waals surface area (Å²) in [5.41, 5.74) is 6.32. The lowest BCUT2D eigenvalue weighted by molar-refractivity contribution is 0.0283. The summed E-state index contributed by atoms with van der Waals surface area (Å²) in [6.07, 6.45) is -0.653. The third-order valence-electron chi connectivity index (χ3n) is 5.66. The lowest BCUT2D eigenvalue weighted by Gasteiger charge is -2.24. The number of nitriles is 1. The third kappa shape index (κ3) is 6.63. The second kappa shape index (κ2) is 12.0. The van der Waals surface area contributed by atoms with Crippen LogP contribution in [-0.4, -0.2) is 58.2 Å². The number of anilines is 1. The minimum absolute atomic E-state index is 0.0147. The zero-order chi connectivity index (χ0) is 29.8. The molecule has 0 fully saturated rings. The van der Waals surface area contributed by atoms with Crippen LogP contribution in [0.15, 0.2) is 30.5 Å². The van der Waals surface area contributed by atoms with E-state index in [-0.39, 0.29) is 34.9 Å². The van der Waals surface area contributed by atoms with Gasteiger partial charge in [-0.05, 0) is 45.0 Å². The van der Waals surface area contributed by atoms with Crippen LogP contribution in [-0.2, 0) is 23.1 Å². The van der Waals surface area contributed by atoms with E-state index in [1.54, 1.807) is 27.8 Å². The van der Waals surface area contributed by atoms with Crippen molar-refractivity contribution in [2.24, 2.45) is 7.05 Å². The van der Waals surface area contributed by atoms with E-state index in [4.69, 9.17) is 19.9 Å². The van der Waals surface area contributed by atoms with Gasteiger partial charge in [0.15, 0.2) is 17.7 Å². The molecule has 2 aromatic heterocycles. The van der Waals surface area contributed by atoms with Crippen molar-refractivity contribution in [2.45, 2.75) is 39.0 Å². The summed E-state index contributed by atoms with van der Waals surface area (Å²) in [6, 6.07) is 6.70. The van der Waals surface area contributed by atoms with Gasteiger partial charge in [-0.1, -0.05) is 0 Å². The zero-order valence-corrected chi connectivity index (χ0v) is 23.0. The van der Waals surface area contributed by atoms with Gasteiger partial charge in [-0.25, -0.2) is 23.4 Å². The average molecular weight is 557 g/mol. The summed E-state index contributed by atoms with van der Waals surface area (Å²) in [6.45, 7) is 4.06. The van der Waals surface area contributed by atoms with E-state index < -0.39 is 36.3 Å². The number of esters is 1. The Kier molecular flexibility index (Phi) is 8.93. The molecule has 1 atom stereocenters. The first-order chi connectivity index (χ1) is 18.8. The number of rotatable bonds is 8. The minimum atomic E-state index is -1.44. The van der Waals surface area contributed by atoms with Gasteiger partial charge in [-0.15, -0.1) is 0 Å². The van der Waals surface area contributed by atoms with Gasteiger partial charge < -0.3 is 24.8 Å². The molecule has 13 heteroatoms. The highest BCUT2D eigenvalue weighted by atomic mass is 19.1. The predicted octanol–water partition coefficient (Wildman–Crippen LogP) is 4.32. The number of carbonyl (C=O) groups is 2. The van der Waals surface area contributed by atoms with E-state index >= 15 is 0 Å². The molecule has 3 rings (SSSR count). The number of nitrogens with two attached hydrogens (primary N) is 1. The molecule has 2 heterocycles. The number of aryl methyl sites for hydroxylation is 1. The van der Waals surface area contributed by atoms with Crippen LogP contribution in [0.4, 0.5) is 19.4 Å². The zero-order valence-electron chi connectivity index (χ0n) is 23.0. The SMILES string of the molecule is COC(=O)c1ccc(F)cc1C(CF)Oc1cc(-c2c(CN(C)C(=O)OC(C)(C)C)nn(C)c2C#N)cnc1N. The first kappa shape index (κ1) is 29.8. The van der Waals surface area contributed by atoms with Crippen molar-refractivity contribution >= 4 is 17.9 Å². The van der Waals surface area contributed by atoms with Crippen molar-refractivity contribution in [3.05, 3.63) is 58.8 Å². The Hall–Kier alpha value is -4.73. The number of aromatic nitrogens is 3. The van der Waals surface area contributed by atoms with Crippen molar-refractivity contribution in [2.75, 3.05) is 26.6 Å². The molecule has 0 saturated heterocycles. The number of alkyl halides is 1. The molecular weight excluding hydrogens is 526 g/mol. The molecular formula is C27H30F2N6O5. The summed E-state index contributed by atoms with van der Waals surface area (Å²) in [4.78, 5) is 30.2. The van der Waals surface area contributed by atoms with Crippen LogP contribution in [0.5, 0.6) is 5.75 Å². The van der Waals surface area contributed by atoms with E-state index in [1.807, 2.05) is 0 Å². The Labute approximate surface area is 230 Å². The van der Waals surface area contributed by atoms with Crippen molar-refractivity contribution in [1.82, 2.24) is 19.7 Å². The molecule has 11 nitrogen and oxygen atoms in total. The van der Waals surface area contributed by atoms with Gasteiger partial charge >= 0.3 is 12.1 Å². The lowest BCUT2D eigenvalue weighted by Crippen LogP contribution is -2.34. The summed E-state index contributed by atoms with van der Waals surface area (Å²) >= 11 is 0. The Morgan fingerprint density at radius 3 is 2.58 bits per heavy atom. The largest absolute Gasteiger partial charge is 0.479 e. The molecule has 40 heavy (non-hydrogen) atoms. The molecule has 1 aromatic carbocycles. The molecule has 0 spiro atoms. The van der Waals surface area contributed by atoms with Gasteiger partial charge in [0.25, 0.3) is 0 Å². The number of hydrogen-bond donors (Lipinski definition) is 1. The van der Waals surface area contributed by atoms with E-state index in [0.717, 1.165) is 19.2 Å². The summed E-state index contributed by atoms with van der Waals surface area (Å²) < 4.78 is 45.5. The number of ether oxygens (including phenoxy) is 3. The minimum Gasteiger partial charge on any atom is -0.479 e. The monoisotopic (exact) mass is 556 g/mol. The maximum Gasteiger partial charge on any atom is 0.410 e. The highest BCUT2D eigenvalue weighted by Crippen LogP contribution is 2.35. The highest BCUT2D eigenvalue weighted by Gasteiger charge is 2.27. The van der Waals surface area contributed by atoms with Crippen LogP contribution in [0.2, 0.25) is 0 Å². The van der Waals surface area contributed by atoms with Crippen LogP contribution in [0, 0.1) is 17.1 Å². The molecule has 212 valence electrons. The Bertz CT molecular complexity index is 1460. The summed E-state index contributed by atoms with van der Waals surface area (Å²) in [5.74, 6) is -1.71. The van der Waals surface area contributed by atoms with Gasteiger partial charge in [0.05, 0.1) is 24.9 Å². The summed E-state index contributed by atoms with van der Waals surface area (Å²) in [7, 11) is 4.24. The van der Waals surface area contributed by atoms with Crippen LogP contribution >= 0.6 is 0 Å². The van der Waals surface area contributed by atoms with Crippen molar-refractivity contribution < 1.29 is 32.6 Å². The van der Waals surface area contributed by atoms with Crippen LogP contribution < -0.4 is 10.5 Å². The van der Waals surface area contributed by atoms with Gasteiger partial charge in [-0.2, -0.15) is 10.4 Å². The summed E-state index contributed by atoms with van der Waals surface area (Å²) in [5, 5.41) is 14.2. The Morgan fingerprint density at radius 2 is 1.98 bits per heavy atom. The number of carbonyl (C=O) groups excluding carboxylic acids is 2. The number of hydrogen-bond acceptors (Lipinski definition) is 9. The van der Waals surface area contributed by atoms with Crippen molar-refractivity contribution in [1.29, 1.82) is 5.26 Å². The molecule has 0 aliphatic heterocycles. The highest BCUT2D eigenvalue weighted by molar-refractivity contribution is 5.91. The maximum atomic E-state index is 14.2. The second-order valence-electron chi connectivity index (χ2n) is 9.83. The van der Waals surface area contributed by atoms with Crippen LogP contribution in [0.1, 0.15) is 54.2 Å². The maximum absolute atomic E-state index is 14.2.